The third-order valence-corrected chi connectivity index (χ3v) is 3.72. The van der Waals surface area contributed by atoms with Crippen LogP contribution < -0.4 is 9.47 Å². The molecule has 0 radical (unpaired) electrons. The Balaban J connectivity index is 1.80. The van der Waals surface area contributed by atoms with Gasteiger partial charge in [0, 0.05) is 25.5 Å². The summed E-state index contributed by atoms with van der Waals surface area (Å²) in [6.07, 6.45) is 6.68. The number of hydrogen-bond acceptors (Lipinski definition) is 4. The maximum Gasteiger partial charge on any atom is 0.161 e. The molecule has 0 bridgehead atoms. The molecular formula is C15H19N3O2. The van der Waals surface area contributed by atoms with Gasteiger partial charge in [0.05, 0.1) is 27.2 Å². The van der Waals surface area contributed by atoms with Crippen molar-refractivity contribution in [2.45, 2.75) is 19.6 Å². The van der Waals surface area contributed by atoms with Crippen LogP contribution in [0, 0.1) is 0 Å². The van der Waals surface area contributed by atoms with Crippen LogP contribution in [0.25, 0.3) is 0 Å². The van der Waals surface area contributed by atoms with Crippen LogP contribution in [0.3, 0.4) is 0 Å². The Morgan fingerprint density at radius 1 is 1.15 bits per heavy atom. The van der Waals surface area contributed by atoms with Crippen molar-refractivity contribution in [1.29, 1.82) is 0 Å². The Labute approximate surface area is 118 Å². The summed E-state index contributed by atoms with van der Waals surface area (Å²) in [5.41, 5.74) is 2.67. The molecule has 0 spiro atoms. The van der Waals surface area contributed by atoms with E-state index in [1.165, 1.54) is 11.1 Å². The van der Waals surface area contributed by atoms with Crippen molar-refractivity contribution in [3.8, 4) is 11.5 Å². The Morgan fingerprint density at radius 2 is 1.90 bits per heavy atom. The van der Waals surface area contributed by atoms with Gasteiger partial charge in [-0.05, 0) is 29.7 Å². The van der Waals surface area contributed by atoms with Crippen LogP contribution in [0.4, 0.5) is 0 Å². The molecule has 1 aromatic heterocycles. The van der Waals surface area contributed by atoms with Crippen LogP contribution in [-0.4, -0.2) is 35.2 Å². The highest BCUT2D eigenvalue weighted by molar-refractivity contribution is 5.48. The van der Waals surface area contributed by atoms with E-state index in [2.05, 4.69) is 26.6 Å². The SMILES string of the molecule is COc1cc2c(cc1OC)CN(Cn1ccnc1)CC2. The first-order chi connectivity index (χ1) is 9.80. The zero-order chi connectivity index (χ0) is 13.9. The number of methoxy groups -OCH3 is 2. The highest BCUT2D eigenvalue weighted by atomic mass is 16.5. The predicted octanol–water partition coefficient (Wildman–Crippen LogP) is 1.92. The largest absolute Gasteiger partial charge is 0.493 e. The molecule has 0 N–H and O–H groups in total. The van der Waals surface area contributed by atoms with Crippen LogP contribution in [0.15, 0.2) is 30.9 Å². The normalized spacial score (nSPS) is 14.9. The first kappa shape index (κ1) is 13.0. The quantitative estimate of drug-likeness (QED) is 0.853. The van der Waals surface area contributed by atoms with E-state index in [0.29, 0.717) is 0 Å². The predicted molar refractivity (Wildman–Crippen MR) is 75.9 cm³/mol. The lowest BCUT2D eigenvalue weighted by atomic mass is 9.99. The molecular weight excluding hydrogens is 254 g/mol. The number of fused-ring (bicyclic) bond motifs is 1. The summed E-state index contributed by atoms with van der Waals surface area (Å²) < 4.78 is 12.8. The van der Waals surface area contributed by atoms with Crippen molar-refractivity contribution < 1.29 is 9.47 Å². The van der Waals surface area contributed by atoms with Gasteiger partial charge >= 0.3 is 0 Å². The number of hydrogen-bond donors (Lipinski definition) is 0. The van der Waals surface area contributed by atoms with Gasteiger partial charge in [-0.25, -0.2) is 4.98 Å². The van der Waals surface area contributed by atoms with Gasteiger partial charge in [-0.2, -0.15) is 0 Å². The highest BCUT2D eigenvalue weighted by Crippen LogP contribution is 2.33. The second-order valence-corrected chi connectivity index (χ2v) is 5.00. The molecule has 1 aliphatic heterocycles. The fourth-order valence-corrected chi connectivity index (χ4v) is 2.66. The second kappa shape index (κ2) is 5.54. The maximum atomic E-state index is 5.38. The second-order valence-electron chi connectivity index (χ2n) is 5.00. The minimum atomic E-state index is 0.802. The van der Waals surface area contributed by atoms with E-state index in [4.69, 9.17) is 9.47 Å². The fraction of sp³-hybridized carbons (Fsp3) is 0.400. The molecule has 0 fully saturated rings. The summed E-state index contributed by atoms with van der Waals surface area (Å²) in [4.78, 5) is 6.48. The van der Waals surface area contributed by atoms with E-state index in [1.807, 2.05) is 18.7 Å². The molecule has 1 aromatic carbocycles. The molecule has 0 unspecified atom stereocenters. The van der Waals surface area contributed by atoms with E-state index in [1.54, 1.807) is 14.2 Å². The van der Waals surface area contributed by atoms with Gasteiger partial charge in [0.1, 0.15) is 0 Å². The van der Waals surface area contributed by atoms with Crippen LogP contribution in [0.2, 0.25) is 0 Å². The lowest BCUT2D eigenvalue weighted by Crippen LogP contribution is -2.32. The molecule has 5 nitrogen and oxygen atoms in total. The van der Waals surface area contributed by atoms with E-state index in [0.717, 1.165) is 37.7 Å². The van der Waals surface area contributed by atoms with Crippen LogP contribution in [0.5, 0.6) is 11.5 Å². The molecule has 0 saturated carbocycles. The van der Waals surface area contributed by atoms with E-state index in [-0.39, 0.29) is 0 Å². The lowest BCUT2D eigenvalue weighted by molar-refractivity contribution is 0.199. The Hall–Kier alpha value is -2.01. The lowest BCUT2D eigenvalue weighted by Gasteiger charge is -2.29. The summed E-state index contributed by atoms with van der Waals surface area (Å²) in [5, 5.41) is 0. The average Bonchev–Trinajstić information content (AvgIpc) is 2.98. The molecule has 0 amide bonds. The minimum Gasteiger partial charge on any atom is -0.493 e. The summed E-state index contributed by atoms with van der Waals surface area (Å²) >= 11 is 0. The number of benzene rings is 1. The van der Waals surface area contributed by atoms with Gasteiger partial charge in [0.15, 0.2) is 11.5 Å². The topological polar surface area (TPSA) is 39.5 Å². The number of imidazole rings is 1. The van der Waals surface area contributed by atoms with Crippen molar-refractivity contribution in [2.75, 3.05) is 20.8 Å². The van der Waals surface area contributed by atoms with Crippen molar-refractivity contribution >= 4 is 0 Å². The first-order valence-electron chi connectivity index (χ1n) is 6.72. The van der Waals surface area contributed by atoms with Crippen LogP contribution >= 0.6 is 0 Å². The smallest absolute Gasteiger partial charge is 0.161 e. The molecule has 0 aliphatic carbocycles. The first-order valence-corrected chi connectivity index (χ1v) is 6.72. The van der Waals surface area contributed by atoms with Crippen LogP contribution in [0.1, 0.15) is 11.1 Å². The minimum absolute atomic E-state index is 0.802. The van der Waals surface area contributed by atoms with Gasteiger partial charge in [0.2, 0.25) is 0 Å². The third-order valence-electron chi connectivity index (χ3n) is 3.72. The molecule has 5 heteroatoms. The zero-order valence-electron chi connectivity index (χ0n) is 11.9. The Bertz CT molecular complexity index is 581. The van der Waals surface area contributed by atoms with Crippen LogP contribution in [-0.2, 0) is 19.6 Å². The van der Waals surface area contributed by atoms with E-state index >= 15 is 0 Å². The Kier molecular flexibility index (Phi) is 3.60. The van der Waals surface area contributed by atoms with Crippen molar-refractivity contribution in [3.05, 3.63) is 42.0 Å². The molecule has 0 atom stereocenters. The molecule has 106 valence electrons. The molecule has 1 aliphatic rings. The summed E-state index contributed by atoms with van der Waals surface area (Å²) in [5.74, 6) is 1.62. The zero-order valence-corrected chi connectivity index (χ0v) is 11.9. The molecule has 2 aromatic rings. The van der Waals surface area contributed by atoms with E-state index < -0.39 is 0 Å². The monoisotopic (exact) mass is 273 g/mol. The number of aromatic nitrogens is 2. The van der Waals surface area contributed by atoms with Gasteiger partial charge < -0.3 is 14.0 Å². The number of ether oxygens (including phenoxy) is 2. The van der Waals surface area contributed by atoms with Gasteiger partial charge in [0.25, 0.3) is 0 Å². The molecule has 3 rings (SSSR count). The average molecular weight is 273 g/mol. The summed E-state index contributed by atoms with van der Waals surface area (Å²) in [6.45, 7) is 2.84. The Morgan fingerprint density at radius 3 is 2.55 bits per heavy atom. The third kappa shape index (κ3) is 2.49. The van der Waals surface area contributed by atoms with E-state index in [9.17, 15) is 0 Å². The maximum absolute atomic E-state index is 5.38. The summed E-state index contributed by atoms with van der Waals surface area (Å²) in [7, 11) is 3.36. The molecule has 20 heavy (non-hydrogen) atoms. The highest BCUT2D eigenvalue weighted by Gasteiger charge is 2.19. The van der Waals surface area contributed by atoms with Crippen molar-refractivity contribution in [1.82, 2.24) is 14.5 Å². The molecule has 0 saturated heterocycles. The summed E-state index contributed by atoms with van der Waals surface area (Å²) in [6, 6.07) is 4.19. The van der Waals surface area contributed by atoms with Crippen molar-refractivity contribution in [2.24, 2.45) is 0 Å². The van der Waals surface area contributed by atoms with Crippen molar-refractivity contribution in [3.63, 3.8) is 0 Å². The van der Waals surface area contributed by atoms with Gasteiger partial charge in [-0.3, -0.25) is 4.90 Å². The van der Waals surface area contributed by atoms with Gasteiger partial charge in [-0.15, -0.1) is 0 Å². The fourth-order valence-electron chi connectivity index (χ4n) is 2.66. The number of rotatable bonds is 4. The standard InChI is InChI=1S/C15H19N3O2/c1-19-14-7-12-3-5-17(11-18-6-4-16-10-18)9-13(12)8-15(14)20-2/h4,6-8,10H,3,5,9,11H2,1-2H3. The van der Waals surface area contributed by atoms with Gasteiger partial charge in [-0.1, -0.05) is 0 Å². The number of nitrogens with zero attached hydrogens (tertiary/aromatic N) is 3. The molecule has 2 heterocycles.